The van der Waals surface area contributed by atoms with Gasteiger partial charge in [-0.25, -0.2) is 4.79 Å². The lowest BCUT2D eigenvalue weighted by Gasteiger charge is -2.65. The molecule has 9 nitrogen and oxygen atoms in total. The van der Waals surface area contributed by atoms with E-state index in [4.69, 9.17) is 18.9 Å². The van der Waals surface area contributed by atoms with Gasteiger partial charge in [-0.05, 0) is 81.6 Å². The first-order valence-electron chi connectivity index (χ1n) is 14.8. The number of ether oxygens (including phenoxy) is 4. The second kappa shape index (κ2) is 9.60. The molecule has 12 atom stereocenters. The Kier molecular flexibility index (Phi) is 6.84. The highest BCUT2D eigenvalue weighted by molar-refractivity contribution is 5.85. The molecule has 39 heavy (non-hydrogen) atoms. The Labute approximate surface area is 230 Å². The predicted octanol–water partition coefficient (Wildman–Crippen LogP) is 2.43. The van der Waals surface area contributed by atoms with Crippen molar-refractivity contribution in [2.75, 3.05) is 13.7 Å². The van der Waals surface area contributed by atoms with E-state index >= 15 is 0 Å². The Morgan fingerprint density at radius 1 is 1.08 bits per heavy atom. The fraction of sp³-hybridized carbons (Fsp3) is 0.867. The summed E-state index contributed by atoms with van der Waals surface area (Å²) in [6.07, 6.45) is 5.80. The first-order chi connectivity index (χ1) is 18.5. The van der Waals surface area contributed by atoms with Crippen LogP contribution in [0.2, 0.25) is 0 Å². The van der Waals surface area contributed by atoms with Crippen LogP contribution in [0.15, 0.2) is 11.6 Å². The zero-order valence-corrected chi connectivity index (χ0v) is 23.3. The molecule has 12 unspecified atom stereocenters. The number of hydrogen-bond acceptors (Lipinski definition) is 9. The smallest absolute Gasteiger partial charge is 0.331 e. The quantitative estimate of drug-likeness (QED) is 0.269. The highest BCUT2D eigenvalue weighted by Crippen LogP contribution is 2.70. The molecular formula is C30H44O9. The Balaban J connectivity index is 1.23. The standard InChI is InChI=1S/C30H44O9/c1-17-12-23(32)25(36-3)26(38-17)39-19-4-9-28(16-31)21-5-8-27(2)20(18-13-24(33)37-15-18)7-11-30(27,35)22(21)6-10-29(28,34)14-19/h13,16-17,19-23,25-26,32,34-35H,4-12,14-15H2,1-3H3. The summed E-state index contributed by atoms with van der Waals surface area (Å²) in [5.41, 5.74) is -2.58. The molecular weight excluding hydrogens is 504 g/mol. The summed E-state index contributed by atoms with van der Waals surface area (Å²) in [5, 5.41) is 35.0. The third-order valence-electron chi connectivity index (χ3n) is 12.0. The van der Waals surface area contributed by atoms with Crippen LogP contribution in [0.5, 0.6) is 0 Å². The third kappa shape index (κ3) is 3.94. The van der Waals surface area contributed by atoms with Crippen molar-refractivity contribution in [2.45, 2.75) is 120 Å². The molecule has 0 aromatic carbocycles. The van der Waals surface area contributed by atoms with Crippen molar-refractivity contribution in [3.63, 3.8) is 0 Å². The van der Waals surface area contributed by atoms with Crippen molar-refractivity contribution < 1.29 is 43.9 Å². The van der Waals surface area contributed by atoms with E-state index in [1.54, 1.807) is 6.08 Å². The molecule has 6 aliphatic rings. The first kappa shape index (κ1) is 27.8. The highest BCUT2D eigenvalue weighted by Gasteiger charge is 2.71. The maximum atomic E-state index is 13.0. The topological polar surface area (TPSA) is 132 Å². The molecule has 4 aliphatic carbocycles. The van der Waals surface area contributed by atoms with Crippen molar-refractivity contribution in [2.24, 2.45) is 28.6 Å². The average molecular weight is 549 g/mol. The number of esters is 1. The number of fused-ring (bicyclic) bond motifs is 5. The molecule has 5 fully saturated rings. The lowest BCUT2D eigenvalue weighted by molar-refractivity contribution is -0.302. The lowest BCUT2D eigenvalue weighted by atomic mass is 9.41. The van der Waals surface area contributed by atoms with Gasteiger partial charge in [-0.1, -0.05) is 6.92 Å². The molecule has 9 heteroatoms. The van der Waals surface area contributed by atoms with Crippen molar-refractivity contribution in [3.05, 3.63) is 11.6 Å². The summed E-state index contributed by atoms with van der Waals surface area (Å²) < 4.78 is 23.0. The summed E-state index contributed by atoms with van der Waals surface area (Å²) in [6, 6.07) is 0. The van der Waals surface area contributed by atoms with Gasteiger partial charge < -0.3 is 39.1 Å². The number of cyclic esters (lactones) is 1. The molecule has 4 saturated carbocycles. The number of carbonyl (C=O) groups is 2. The predicted molar refractivity (Wildman–Crippen MR) is 138 cm³/mol. The maximum Gasteiger partial charge on any atom is 0.331 e. The van der Waals surface area contributed by atoms with Crippen LogP contribution in [0.4, 0.5) is 0 Å². The minimum Gasteiger partial charge on any atom is -0.458 e. The largest absolute Gasteiger partial charge is 0.458 e. The Morgan fingerprint density at radius 2 is 1.85 bits per heavy atom. The second-order valence-corrected chi connectivity index (χ2v) is 13.6. The van der Waals surface area contributed by atoms with Crippen LogP contribution in [0.1, 0.15) is 78.1 Å². The van der Waals surface area contributed by atoms with E-state index in [1.807, 2.05) is 6.92 Å². The van der Waals surface area contributed by atoms with Crippen LogP contribution in [0, 0.1) is 28.6 Å². The van der Waals surface area contributed by atoms with Crippen molar-refractivity contribution in [1.82, 2.24) is 0 Å². The molecule has 0 aromatic rings. The normalized spacial score (nSPS) is 53.3. The maximum absolute atomic E-state index is 13.0. The first-order valence-corrected chi connectivity index (χ1v) is 14.8. The zero-order chi connectivity index (χ0) is 27.8. The number of carbonyl (C=O) groups excluding carboxylic acids is 2. The number of hydrogen-bond donors (Lipinski definition) is 3. The van der Waals surface area contributed by atoms with E-state index in [2.05, 4.69) is 6.92 Å². The van der Waals surface area contributed by atoms with Gasteiger partial charge in [-0.2, -0.15) is 0 Å². The fourth-order valence-corrected chi connectivity index (χ4v) is 10.0. The highest BCUT2D eigenvalue weighted by atomic mass is 16.7. The second-order valence-electron chi connectivity index (χ2n) is 13.6. The van der Waals surface area contributed by atoms with Crippen LogP contribution in [-0.4, -0.2) is 83.2 Å². The molecule has 0 spiro atoms. The van der Waals surface area contributed by atoms with Gasteiger partial charge in [-0.15, -0.1) is 0 Å². The summed E-state index contributed by atoms with van der Waals surface area (Å²) in [4.78, 5) is 24.8. The van der Waals surface area contributed by atoms with E-state index < -0.39 is 40.5 Å². The van der Waals surface area contributed by atoms with E-state index in [0.717, 1.165) is 31.1 Å². The van der Waals surface area contributed by atoms with Crippen molar-refractivity contribution in [1.29, 1.82) is 0 Å². The molecule has 0 aromatic heterocycles. The SMILES string of the molecule is COC1C(O)CC(C)OC1OC1CCC2(C=O)C3CCC4(C)C(C5=CC(=O)OC5)CCC4(O)C3CCC2(O)C1. The van der Waals surface area contributed by atoms with Gasteiger partial charge in [-0.3, -0.25) is 0 Å². The van der Waals surface area contributed by atoms with Crippen molar-refractivity contribution >= 4 is 12.3 Å². The van der Waals surface area contributed by atoms with Gasteiger partial charge in [0.25, 0.3) is 0 Å². The van der Waals surface area contributed by atoms with Crippen LogP contribution in [0.25, 0.3) is 0 Å². The number of aldehydes is 1. The Morgan fingerprint density at radius 3 is 2.54 bits per heavy atom. The number of aliphatic hydroxyl groups excluding tert-OH is 1. The van der Waals surface area contributed by atoms with Gasteiger partial charge in [0.15, 0.2) is 6.29 Å². The number of rotatable bonds is 5. The average Bonchev–Trinajstić information content (AvgIpc) is 3.43. The van der Waals surface area contributed by atoms with Crippen LogP contribution >= 0.6 is 0 Å². The summed E-state index contributed by atoms with van der Waals surface area (Å²) in [5.74, 6) is -0.451. The minimum atomic E-state index is -1.24. The van der Waals surface area contributed by atoms with E-state index in [9.17, 15) is 24.9 Å². The van der Waals surface area contributed by atoms with Crippen LogP contribution in [0.3, 0.4) is 0 Å². The summed E-state index contributed by atoms with van der Waals surface area (Å²) in [7, 11) is 1.53. The monoisotopic (exact) mass is 548 g/mol. The van der Waals surface area contributed by atoms with E-state index in [0.29, 0.717) is 51.6 Å². The number of methoxy groups -OCH3 is 1. The molecule has 2 aliphatic heterocycles. The summed E-state index contributed by atoms with van der Waals surface area (Å²) in [6.45, 7) is 4.34. The van der Waals surface area contributed by atoms with Gasteiger partial charge >= 0.3 is 5.97 Å². The molecule has 0 amide bonds. The van der Waals surface area contributed by atoms with Gasteiger partial charge in [0.1, 0.15) is 19.0 Å². The molecule has 1 saturated heterocycles. The molecule has 2 heterocycles. The van der Waals surface area contributed by atoms with Gasteiger partial charge in [0, 0.05) is 31.4 Å². The Bertz CT molecular complexity index is 1030. The molecule has 218 valence electrons. The Hall–Kier alpha value is -1.36. The van der Waals surface area contributed by atoms with Crippen molar-refractivity contribution in [3.8, 4) is 0 Å². The molecule has 6 rings (SSSR count). The lowest BCUT2D eigenvalue weighted by Crippen LogP contribution is -2.69. The van der Waals surface area contributed by atoms with Gasteiger partial charge in [0.05, 0.1) is 34.9 Å². The fourth-order valence-electron chi connectivity index (χ4n) is 10.0. The third-order valence-corrected chi connectivity index (χ3v) is 12.0. The minimum absolute atomic E-state index is 0.0778. The number of aliphatic hydroxyl groups is 3. The van der Waals surface area contributed by atoms with Crippen LogP contribution < -0.4 is 0 Å². The molecule has 0 radical (unpaired) electrons. The van der Waals surface area contributed by atoms with E-state index in [-0.39, 0.29) is 35.9 Å². The van der Waals surface area contributed by atoms with Gasteiger partial charge in [0.2, 0.25) is 0 Å². The molecule has 0 bridgehead atoms. The molecule has 3 N–H and O–H groups in total. The van der Waals surface area contributed by atoms with Crippen LogP contribution in [-0.2, 0) is 28.5 Å². The van der Waals surface area contributed by atoms with E-state index in [1.165, 1.54) is 7.11 Å². The zero-order valence-electron chi connectivity index (χ0n) is 23.3. The summed E-state index contributed by atoms with van der Waals surface area (Å²) >= 11 is 0.